The van der Waals surface area contributed by atoms with Gasteiger partial charge in [-0.3, -0.25) is 4.79 Å². The van der Waals surface area contributed by atoms with E-state index in [-0.39, 0.29) is 12.2 Å². The normalized spacial score (nSPS) is 10.5. The van der Waals surface area contributed by atoms with E-state index in [9.17, 15) is 14.9 Å². The number of carbonyl (C=O) groups is 2. The summed E-state index contributed by atoms with van der Waals surface area (Å²) in [5.41, 5.74) is 1.09. The Bertz CT molecular complexity index is 885. The van der Waals surface area contributed by atoms with Gasteiger partial charge >= 0.3 is 5.97 Å². The van der Waals surface area contributed by atoms with Gasteiger partial charge in [0.25, 0.3) is 5.91 Å². The second-order valence-electron chi connectivity index (χ2n) is 5.27. The van der Waals surface area contributed by atoms with Crippen LogP contribution in [0.4, 0.5) is 5.69 Å². The SMILES string of the molecule is COC(=O)COc1ccc(/C=C(\C#N)C(=O)Nc2ccccc2)cc1OC. The summed E-state index contributed by atoms with van der Waals surface area (Å²) in [4.78, 5) is 23.5. The molecule has 0 fully saturated rings. The number of benzene rings is 2. The van der Waals surface area contributed by atoms with Crippen LogP contribution in [0, 0.1) is 11.3 Å². The van der Waals surface area contributed by atoms with Crippen molar-refractivity contribution in [2.75, 3.05) is 26.1 Å². The summed E-state index contributed by atoms with van der Waals surface area (Å²) in [6.07, 6.45) is 1.44. The Morgan fingerprint density at radius 2 is 1.85 bits per heavy atom. The standard InChI is InChI=1S/C20H18N2O5/c1-25-18-11-14(8-9-17(18)27-13-19(23)26-2)10-15(12-21)20(24)22-16-6-4-3-5-7-16/h3-11H,13H2,1-2H3,(H,22,24)/b15-10+. The first-order valence-electron chi connectivity index (χ1n) is 7.93. The summed E-state index contributed by atoms with van der Waals surface area (Å²) in [6, 6.07) is 15.5. The maximum absolute atomic E-state index is 12.3. The predicted molar refractivity (Wildman–Crippen MR) is 99.2 cm³/mol. The van der Waals surface area contributed by atoms with E-state index in [1.165, 1.54) is 20.3 Å². The summed E-state index contributed by atoms with van der Waals surface area (Å²) < 4.78 is 15.1. The number of para-hydroxylation sites is 1. The molecular formula is C20H18N2O5. The van der Waals surface area contributed by atoms with E-state index in [0.717, 1.165) is 0 Å². The highest BCUT2D eigenvalue weighted by molar-refractivity contribution is 6.09. The molecule has 0 radical (unpaired) electrons. The number of nitrogens with zero attached hydrogens (tertiary/aromatic N) is 1. The number of hydrogen-bond acceptors (Lipinski definition) is 6. The number of rotatable bonds is 7. The lowest BCUT2D eigenvalue weighted by atomic mass is 10.1. The minimum absolute atomic E-state index is 0.0656. The van der Waals surface area contributed by atoms with Crippen molar-refractivity contribution in [3.05, 3.63) is 59.7 Å². The minimum Gasteiger partial charge on any atom is -0.493 e. The Labute approximate surface area is 156 Å². The summed E-state index contributed by atoms with van der Waals surface area (Å²) in [5, 5.41) is 12.0. The van der Waals surface area contributed by atoms with Crippen molar-refractivity contribution in [3.8, 4) is 17.6 Å². The molecule has 0 bridgehead atoms. The van der Waals surface area contributed by atoms with Gasteiger partial charge in [-0.15, -0.1) is 0 Å². The van der Waals surface area contributed by atoms with Gasteiger partial charge in [-0.2, -0.15) is 5.26 Å². The Balaban J connectivity index is 2.18. The van der Waals surface area contributed by atoms with E-state index >= 15 is 0 Å². The van der Waals surface area contributed by atoms with Gasteiger partial charge in [0.05, 0.1) is 14.2 Å². The summed E-state index contributed by atoms with van der Waals surface area (Å²) >= 11 is 0. The van der Waals surface area contributed by atoms with Gasteiger partial charge in [-0.1, -0.05) is 24.3 Å². The largest absolute Gasteiger partial charge is 0.493 e. The molecule has 0 aliphatic heterocycles. The average Bonchev–Trinajstić information content (AvgIpc) is 2.71. The predicted octanol–water partition coefficient (Wildman–Crippen LogP) is 2.79. The quantitative estimate of drug-likeness (QED) is 0.460. The van der Waals surface area contributed by atoms with E-state index in [1.807, 2.05) is 12.1 Å². The fourth-order valence-electron chi connectivity index (χ4n) is 2.12. The smallest absolute Gasteiger partial charge is 0.343 e. The first-order valence-corrected chi connectivity index (χ1v) is 7.93. The van der Waals surface area contributed by atoms with E-state index in [0.29, 0.717) is 22.7 Å². The number of amides is 1. The van der Waals surface area contributed by atoms with Crippen molar-refractivity contribution in [2.24, 2.45) is 0 Å². The number of carbonyl (C=O) groups excluding carboxylic acids is 2. The molecule has 0 saturated carbocycles. The number of hydrogen-bond donors (Lipinski definition) is 1. The monoisotopic (exact) mass is 366 g/mol. The molecule has 0 spiro atoms. The molecule has 2 rings (SSSR count). The van der Waals surface area contributed by atoms with Gasteiger partial charge in [0.1, 0.15) is 11.6 Å². The molecule has 27 heavy (non-hydrogen) atoms. The van der Waals surface area contributed by atoms with E-state index in [4.69, 9.17) is 9.47 Å². The molecule has 2 aromatic carbocycles. The third kappa shape index (κ3) is 5.61. The molecule has 0 aliphatic carbocycles. The van der Waals surface area contributed by atoms with Gasteiger partial charge in [0, 0.05) is 5.69 Å². The minimum atomic E-state index is -0.523. The Hall–Kier alpha value is -3.79. The van der Waals surface area contributed by atoms with Gasteiger partial charge in [-0.25, -0.2) is 4.79 Å². The maximum atomic E-state index is 12.3. The lowest BCUT2D eigenvalue weighted by Gasteiger charge is -2.10. The second kappa shape index (κ2) is 9.63. The molecule has 0 atom stereocenters. The number of anilines is 1. The van der Waals surface area contributed by atoms with Crippen LogP contribution in [0.1, 0.15) is 5.56 Å². The number of nitriles is 1. The third-order valence-electron chi connectivity index (χ3n) is 3.47. The molecule has 138 valence electrons. The van der Waals surface area contributed by atoms with Crippen LogP contribution in [-0.2, 0) is 14.3 Å². The van der Waals surface area contributed by atoms with Crippen LogP contribution in [0.2, 0.25) is 0 Å². The van der Waals surface area contributed by atoms with Crippen LogP contribution in [0.25, 0.3) is 6.08 Å². The van der Waals surface area contributed by atoms with Crippen LogP contribution in [0.3, 0.4) is 0 Å². The van der Waals surface area contributed by atoms with Crippen LogP contribution >= 0.6 is 0 Å². The molecule has 0 unspecified atom stereocenters. The number of methoxy groups -OCH3 is 2. The van der Waals surface area contributed by atoms with Gasteiger partial charge in [-0.05, 0) is 35.9 Å². The van der Waals surface area contributed by atoms with Crippen LogP contribution in [0.15, 0.2) is 54.1 Å². The van der Waals surface area contributed by atoms with Gasteiger partial charge < -0.3 is 19.5 Å². The zero-order chi connectivity index (χ0) is 19.6. The zero-order valence-corrected chi connectivity index (χ0v) is 14.9. The van der Waals surface area contributed by atoms with Crippen LogP contribution in [0.5, 0.6) is 11.5 Å². The van der Waals surface area contributed by atoms with Crippen molar-refractivity contribution >= 4 is 23.6 Å². The molecule has 1 N–H and O–H groups in total. The first kappa shape index (κ1) is 19.5. The van der Waals surface area contributed by atoms with Gasteiger partial charge in [0.15, 0.2) is 18.1 Å². The molecule has 0 heterocycles. The van der Waals surface area contributed by atoms with Crippen molar-refractivity contribution in [2.45, 2.75) is 0 Å². The Morgan fingerprint density at radius 3 is 2.48 bits per heavy atom. The topological polar surface area (TPSA) is 97.7 Å². The molecule has 2 aromatic rings. The number of nitrogens with one attached hydrogen (secondary N) is 1. The van der Waals surface area contributed by atoms with E-state index in [2.05, 4.69) is 10.1 Å². The molecule has 7 heteroatoms. The summed E-state index contributed by atoms with van der Waals surface area (Å²) in [7, 11) is 2.71. The number of esters is 1. The fourth-order valence-corrected chi connectivity index (χ4v) is 2.12. The third-order valence-corrected chi connectivity index (χ3v) is 3.47. The molecule has 7 nitrogen and oxygen atoms in total. The van der Waals surface area contributed by atoms with Crippen molar-refractivity contribution in [1.29, 1.82) is 5.26 Å². The van der Waals surface area contributed by atoms with Crippen molar-refractivity contribution < 1.29 is 23.8 Å². The summed E-state index contributed by atoms with van der Waals surface area (Å²) in [5.74, 6) is -0.347. The highest BCUT2D eigenvalue weighted by atomic mass is 16.6. The van der Waals surface area contributed by atoms with Crippen molar-refractivity contribution in [1.82, 2.24) is 0 Å². The highest BCUT2D eigenvalue weighted by Gasteiger charge is 2.12. The van der Waals surface area contributed by atoms with Crippen molar-refractivity contribution in [3.63, 3.8) is 0 Å². The van der Waals surface area contributed by atoms with Crippen LogP contribution in [-0.4, -0.2) is 32.7 Å². The zero-order valence-electron chi connectivity index (χ0n) is 14.9. The van der Waals surface area contributed by atoms with E-state index in [1.54, 1.807) is 42.5 Å². The number of ether oxygens (including phenoxy) is 3. The van der Waals surface area contributed by atoms with E-state index < -0.39 is 11.9 Å². The van der Waals surface area contributed by atoms with Gasteiger partial charge in [0.2, 0.25) is 0 Å². The maximum Gasteiger partial charge on any atom is 0.343 e. The first-order chi connectivity index (χ1) is 13.1. The second-order valence-corrected chi connectivity index (χ2v) is 5.27. The molecule has 0 aromatic heterocycles. The summed E-state index contributed by atoms with van der Waals surface area (Å²) in [6.45, 7) is -0.259. The molecular weight excluding hydrogens is 348 g/mol. The molecule has 1 amide bonds. The highest BCUT2D eigenvalue weighted by Crippen LogP contribution is 2.29. The Morgan fingerprint density at radius 1 is 1.11 bits per heavy atom. The fraction of sp³-hybridized carbons (Fsp3) is 0.150. The lowest BCUT2D eigenvalue weighted by molar-refractivity contribution is -0.142. The average molecular weight is 366 g/mol. The molecule has 0 aliphatic rings. The Kier molecular flexibility index (Phi) is 6.97. The lowest BCUT2D eigenvalue weighted by Crippen LogP contribution is -2.13. The molecule has 0 saturated heterocycles. The van der Waals surface area contributed by atoms with Crippen LogP contribution < -0.4 is 14.8 Å².